The molecule has 0 aliphatic carbocycles. The summed E-state index contributed by atoms with van der Waals surface area (Å²) in [6, 6.07) is 10.3. The Morgan fingerprint density at radius 1 is 1.14 bits per heavy atom. The van der Waals surface area contributed by atoms with E-state index in [1.54, 1.807) is 0 Å². The molecule has 0 aromatic heterocycles. The molecule has 2 nitrogen and oxygen atoms in total. The van der Waals surface area contributed by atoms with E-state index >= 15 is 0 Å². The van der Waals surface area contributed by atoms with Crippen LogP contribution in [-0.4, -0.2) is 13.1 Å². The van der Waals surface area contributed by atoms with E-state index in [1.165, 1.54) is 12.0 Å². The van der Waals surface area contributed by atoms with Crippen molar-refractivity contribution in [2.24, 2.45) is 0 Å². The fourth-order valence-corrected chi connectivity index (χ4v) is 1.19. The Balaban J connectivity index is 0.00000169. The number of ether oxygens (including phenoxy) is 1. The molecule has 0 atom stereocenters. The van der Waals surface area contributed by atoms with Gasteiger partial charge >= 0.3 is 0 Å². The Kier molecular flexibility index (Phi) is 8.56. The van der Waals surface area contributed by atoms with Crippen molar-refractivity contribution in [1.29, 1.82) is 0 Å². The molecular formula is C11H13O2W-. The molecule has 1 aromatic carbocycles. The van der Waals surface area contributed by atoms with Crippen molar-refractivity contribution in [3.05, 3.63) is 35.9 Å². The number of carbonyl (C=O) groups excluding carboxylic acids is 1. The third-order valence-corrected chi connectivity index (χ3v) is 1.86. The van der Waals surface area contributed by atoms with E-state index < -0.39 is 0 Å². The molecule has 0 radical (unpaired) electrons. The van der Waals surface area contributed by atoms with Crippen LogP contribution in [0.2, 0.25) is 0 Å². The standard InChI is InChI=1S/C11H13O2.W/c12-10-13-9-5-4-8-11-6-2-1-3-7-11;/h1-3,6-7H,4-5,8-9H2;/q-1;. The largest absolute Gasteiger partial charge is 0.653 e. The van der Waals surface area contributed by atoms with Crippen LogP contribution in [0.4, 0.5) is 0 Å². The quantitative estimate of drug-likeness (QED) is 0.573. The Labute approximate surface area is 98.9 Å². The summed E-state index contributed by atoms with van der Waals surface area (Å²) < 4.78 is 4.47. The average Bonchev–Trinajstić information content (AvgIpc) is 2.19. The predicted molar refractivity (Wildman–Crippen MR) is 51.0 cm³/mol. The van der Waals surface area contributed by atoms with Gasteiger partial charge in [0.1, 0.15) is 0 Å². The van der Waals surface area contributed by atoms with Gasteiger partial charge in [-0.25, -0.2) is 0 Å². The predicted octanol–water partition coefficient (Wildman–Crippen LogP) is 2.09. The number of rotatable bonds is 6. The van der Waals surface area contributed by atoms with Crippen molar-refractivity contribution < 1.29 is 30.6 Å². The number of unbranched alkanes of at least 4 members (excludes halogenated alkanes) is 1. The van der Waals surface area contributed by atoms with Gasteiger partial charge in [0, 0.05) is 27.7 Å². The van der Waals surface area contributed by atoms with E-state index in [9.17, 15) is 4.79 Å². The Morgan fingerprint density at radius 3 is 2.50 bits per heavy atom. The molecule has 0 saturated carbocycles. The van der Waals surface area contributed by atoms with Gasteiger partial charge in [-0.3, -0.25) is 0 Å². The number of aryl methyl sites for hydroxylation is 1. The van der Waals surface area contributed by atoms with Crippen LogP contribution in [0.3, 0.4) is 0 Å². The minimum absolute atomic E-state index is 0. The first-order valence-corrected chi connectivity index (χ1v) is 4.46. The molecule has 0 saturated heterocycles. The summed E-state index contributed by atoms with van der Waals surface area (Å²) >= 11 is 0. The van der Waals surface area contributed by atoms with Gasteiger partial charge in [0.25, 0.3) is 0 Å². The maximum atomic E-state index is 9.69. The summed E-state index contributed by atoms with van der Waals surface area (Å²) in [4.78, 5) is 9.69. The molecule has 76 valence electrons. The summed E-state index contributed by atoms with van der Waals surface area (Å²) in [6.07, 6.45) is 3.00. The number of hydrogen-bond acceptors (Lipinski definition) is 2. The zero-order valence-electron chi connectivity index (χ0n) is 7.94. The zero-order chi connectivity index (χ0) is 9.36. The normalized spacial score (nSPS) is 8.86. The van der Waals surface area contributed by atoms with Crippen molar-refractivity contribution in [3.63, 3.8) is 0 Å². The van der Waals surface area contributed by atoms with E-state index in [2.05, 4.69) is 16.9 Å². The van der Waals surface area contributed by atoms with Gasteiger partial charge in [0.15, 0.2) is 0 Å². The number of hydrogen-bond donors (Lipinski definition) is 0. The summed E-state index contributed by atoms with van der Waals surface area (Å²) in [6.45, 7) is 1.90. The third kappa shape index (κ3) is 5.93. The molecule has 1 rings (SSSR count). The van der Waals surface area contributed by atoms with Crippen LogP contribution in [0.25, 0.3) is 0 Å². The van der Waals surface area contributed by atoms with Crippen molar-refractivity contribution in [2.75, 3.05) is 6.61 Å². The van der Waals surface area contributed by atoms with Crippen LogP contribution in [-0.2, 0) is 37.0 Å². The SMILES string of the molecule is O=[C-]OCCCCc1ccccc1.[W]. The van der Waals surface area contributed by atoms with Gasteiger partial charge in [0.2, 0.25) is 0 Å². The second-order valence-electron chi connectivity index (χ2n) is 2.87. The maximum Gasteiger partial charge on any atom is 0.0480 e. The first-order chi connectivity index (χ1) is 6.43. The molecule has 0 fully saturated rings. The summed E-state index contributed by atoms with van der Waals surface area (Å²) in [7, 11) is 0. The molecule has 14 heavy (non-hydrogen) atoms. The molecule has 0 N–H and O–H groups in total. The van der Waals surface area contributed by atoms with E-state index in [-0.39, 0.29) is 21.1 Å². The number of benzene rings is 1. The molecule has 0 heterocycles. The van der Waals surface area contributed by atoms with Crippen molar-refractivity contribution in [2.45, 2.75) is 19.3 Å². The summed E-state index contributed by atoms with van der Waals surface area (Å²) in [5.74, 6) is 0. The minimum Gasteiger partial charge on any atom is -0.653 e. The van der Waals surface area contributed by atoms with Crippen molar-refractivity contribution in [3.8, 4) is 0 Å². The van der Waals surface area contributed by atoms with Crippen LogP contribution in [0.5, 0.6) is 0 Å². The van der Waals surface area contributed by atoms with Gasteiger partial charge < -0.3 is 9.53 Å². The fourth-order valence-electron chi connectivity index (χ4n) is 1.19. The van der Waals surface area contributed by atoms with Gasteiger partial charge in [-0.2, -0.15) is 0 Å². The Morgan fingerprint density at radius 2 is 1.86 bits per heavy atom. The topological polar surface area (TPSA) is 26.3 Å². The molecular weight excluding hydrogens is 348 g/mol. The molecule has 3 heteroatoms. The molecule has 0 aliphatic rings. The first-order valence-electron chi connectivity index (χ1n) is 4.46. The fraction of sp³-hybridized carbons (Fsp3) is 0.364. The van der Waals surface area contributed by atoms with Crippen molar-refractivity contribution >= 4 is 6.47 Å². The first kappa shape index (κ1) is 13.4. The van der Waals surface area contributed by atoms with Crippen molar-refractivity contribution in [1.82, 2.24) is 0 Å². The Bertz CT molecular complexity index is 236. The zero-order valence-corrected chi connectivity index (χ0v) is 10.9. The summed E-state index contributed by atoms with van der Waals surface area (Å²) in [5.41, 5.74) is 1.33. The molecule has 0 amide bonds. The van der Waals surface area contributed by atoms with Crippen LogP contribution >= 0.6 is 0 Å². The second-order valence-corrected chi connectivity index (χ2v) is 2.87. The maximum absolute atomic E-state index is 9.69. The minimum atomic E-state index is 0. The average molecular weight is 361 g/mol. The third-order valence-electron chi connectivity index (χ3n) is 1.86. The van der Waals surface area contributed by atoms with Gasteiger partial charge in [0.05, 0.1) is 0 Å². The monoisotopic (exact) mass is 361 g/mol. The Hall–Kier alpha value is -0.622. The van der Waals surface area contributed by atoms with Gasteiger partial charge in [-0.15, -0.1) is 0 Å². The van der Waals surface area contributed by atoms with E-state index in [4.69, 9.17) is 0 Å². The second kappa shape index (κ2) is 8.95. The summed E-state index contributed by atoms with van der Waals surface area (Å²) in [5, 5.41) is 0. The van der Waals surface area contributed by atoms with E-state index in [0.29, 0.717) is 6.61 Å². The van der Waals surface area contributed by atoms with E-state index in [1.807, 2.05) is 18.2 Å². The molecule has 1 aromatic rings. The molecule has 0 spiro atoms. The van der Waals surface area contributed by atoms with Gasteiger partial charge in [-0.05, 0) is 24.8 Å². The van der Waals surface area contributed by atoms with Crippen LogP contribution in [0.1, 0.15) is 18.4 Å². The van der Waals surface area contributed by atoms with Gasteiger partial charge in [-0.1, -0.05) is 36.8 Å². The van der Waals surface area contributed by atoms with Crippen LogP contribution in [0.15, 0.2) is 30.3 Å². The van der Waals surface area contributed by atoms with E-state index in [0.717, 1.165) is 19.3 Å². The smallest absolute Gasteiger partial charge is 0.0480 e. The van der Waals surface area contributed by atoms with Crippen LogP contribution in [0, 0.1) is 0 Å². The molecule has 0 unspecified atom stereocenters. The molecule has 0 aliphatic heterocycles. The molecule has 0 bridgehead atoms. The van der Waals surface area contributed by atoms with Crippen LogP contribution < -0.4 is 0 Å².